The lowest BCUT2D eigenvalue weighted by Gasteiger charge is -2.41. The molecule has 4 aromatic carbocycles. The molecule has 13 unspecified atom stereocenters. The summed E-state index contributed by atoms with van der Waals surface area (Å²) >= 11 is 0. The molecule has 2 saturated heterocycles. The topological polar surface area (TPSA) is 356 Å². The summed E-state index contributed by atoms with van der Waals surface area (Å²) in [5.74, 6) is -6.37. The molecule has 13 atom stereocenters. The van der Waals surface area contributed by atoms with Crippen molar-refractivity contribution in [1.29, 1.82) is 0 Å². The number of hydrogen-bond acceptors (Lipinski definition) is 21. The van der Waals surface area contributed by atoms with Crippen LogP contribution in [0.25, 0.3) is 0 Å². The summed E-state index contributed by atoms with van der Waals surface area (Å²) in [6.07, 6.45) is -20.6. The van der Waals surface area contributed by atoms with Crippen molar-refractivity contribution in [2.75, 3.05) is 13.2 Å². The Balaban J connectivity index is 1.32. The van der Waals surface area contributed by atoms with Gasteiger partial charge in [0.05, 0.1) is 19.6 Å². The lowest BCUT2D eigenvalue weighted by atomic mass is 9.79. The molecular weight excluding hydrogens is 840 g/mol. The van der Waals surface area contributed by atoms with Gasteiger partial charge in [-0.05, 0) is 35.4 Å². The molecule has 338 valence electrons. The number of hydrogen-bond donors (Lipinski definition) is 14. The van der Waals surface area contributed by atoms with Crippen LogP contribution in [0.1, 0.15) is 63.6 Å². The first-order chi connectivity index (χ1) is 30.0. The second-order valence-corrected chi connectivity index (χ2v) is 15.6. The van der Waals surface area contributed by atoms with Crippen LogP contribution in [-0.2, 0) is 9.47 Å². The van der Waals surface area contributed by atoms with E-state index in [0.29, 0.717) is 0 Å². The van der Waals surface area contributed by atoms with E-state index in [1.807, 2.05) is 0 Å². The predicted molar refractivity (Wildman–Crippen MR) is 207 cm³/mol. The highest BCUT2D eigenvalue weighted by molar-refractivity contribution is 6.03. The van der Waals surface area contributed by atoms with Gasteiger partial charge in [0.2, 0.25) is 12.6 Å². The SMILES string of the molecule is O=C1CC(c2ccc(O)c(O)c2)Oc2c1c(OC1OC(CO)C(O)C(O)C1O)cc(O)c2C1CC(c2ccc(O)c(O)c2)Oc2cc(O)cc(OC3OC(CO)C(O)C(O)C3O)c21. The van der Waals surface area contributed by atoms with Crippen LogP contribution in [-0.4, -0.2) is 152 Å². The molecule has 0 bridgehead atoms. The highest BCUT2D eigenvalue weighted by atomic mass is 16.7. The number of aliphatic hydroxyl groups excluding tert-OH is 8. The van der Waals surface area contributed by atoms with Gasteiger partial charge < -0.3 is 99.9 Å². The molecule has 21 nitrogen and oxygen atoms in total. The van der Waals surface area contributed by atoms with Crippen LogP contribution in [0, 0.1) is 0 Å². The molecule has 4 heterocycles. The molecule has 4 aliphatic heterocycles. The van der Waals surface area contributed by atoms with E-state index in [1.54, 1.807) is 0 Å². The van der Waals surface area contributed by atoms with Crippen molar-refractivity contribution in [3.63, 3.8) is 0 Å². The van der Waals surface area contributed by atoms with E-state index in [4.69, 9.17) is 28.4 Å². The van der Waals surface area contributed by atoms with Gasteiger partial charge in [-0.1, -0.05) is 12.1 Å². The van der Waals surface area contributed by atoms with Crippen molar-refractivity contribution in [3.05, 3.63) is 82.4 Å². The standard InChI is InChI=1S/C42H44O21/c43-12-29-34(52)36(54)38(56)41(62-29)60-27-8-16(45)7-26-32(27)17(9-24(58-26)14-1-3-18(46)20(48)5-14)31-22(50)11-28(61-42-39(57)37(55)35(53)30(13-44)63-42)33-23(51)10-25(59-40(31)33)15-2-4-19(47)21(49)6-15/h1-8,11,17,24-25,29-30,34-39,41-50,52-57H,9-10,12-13H2. The zero-order chi connectivity index (χ0) is 45.2. The highest BCUT2D eigenvalue weighted by Gasteiger charge is 2.49. The number of ketones is 1. The normalized spacial score (nSPS) is 31.6. The highest BCUT2D eigenvalue weighted by Crippen LogP contribution is 2.58. The lowest BCUT2D eigenvalue weighted by molar-refractivity contribution is -0.277. The second kappa shape index (κ2) is 17.0. The first kappa shape index (κ1) is 43.8. The van der Waals surface area contributed by atoms with Crippen molar-refractivity contribution in [2.24, 2.45) is 0 Å². The zero-order valence-electron chi connectivity index (χ0n) is 32.6. The van der Waals surface area contributed by atoms with Crippen molar-refractivity contribution in [1.82, 2.24) is 0 Å². The van der Waals surface area contributed by atoms with Gasteiger partial charge in [-0.25, -0.2) is 0 Å². The summed E-state index contributed by atoms with van der Waals surface area (Å²) in [4.78, 5) is 14.4. The van der Waals surface area contributed by atoms with Crippen LogP contribution >= 0.6 is 0 Å². The summed E-state index contributed by atoms with van der Waals surface area (Å²) in [6, 6.07) is 10.7. The smallest absolute Gasteiger partial charge is 0.229 e. The molecule has 21 heteroatoms. The van der Waals surface area contributed by atoms with Gasteiger partial charge in [0, 0.05) is 41.7 Å². The fraction of sp³-hybridized carbons (Fsp3) is 0.405. The number of rotatable bonds is 9. The molecule has 0 radical (unpaired) electrons. The minimum absolute atomic E-state index is 0.00422. The van der Waals surface area contributed by atoms with Crippen LogP contribution in [0.2, 0.25) is 0 Å². The molecule has 14 N–H and O–H groups in total. The van der Waals surface area contributed by atoms with Crippen LogP contribution in [0.3, 0.4) is 0 Å². The first-order valence-electron chi connectivity index (χ1n) is 19.6. The van der Waals surface area contributed by atoms with Crippen LogP contribution in [0.15, 0.2) is 54.6 Å². The van der Waals surface area contributed by atoms with E-state index in [0.717, 1.165) is 24.3 Å². The van der Waals surface area contributed by atoms with Crippen molar-refractivity contribution >= 4 is 5.78 Å². The Kier molecular flexibility index (Phi) is 11.8. The minimum Gasteiger partial charge on any atom is -0.508 e. The van der Waals surface area contributed by atoms with E-state index < -0.39 is 145 Å². The largest absolute Gasteiger partial charge is 0.508 e. The lowest BCUT2D eigenvalue weighted by Crippen LogP contribution is -2.60. The summed E-state index contributed by atoms with van der Waals surface area (Å²) in [5, 5.41) is 147. The van der Waals surface area contributed by atoms with Gasteiger partial charge in [-0.2, -0.15) is 0 Å². The van der Waals surface area contributed by atoms with Crippen molar-refractivity contribution in [2.45, 2.75) is 92.4 Å². The molecule has 4 aliphatic rings. The number of phenols is 6. The van der Waals surface area contributed by atoms with Gasteiger partial charge in [-0.15, -0.1) is 0 Å². The average Bonchev–Trinajstić information content (AvgIpc) is 3.25. The minimum atomic E-state index is -1.95. The Hall–Kier alpha value is -5.85. The van der Waals surface area contributed by atoms with Crippen LogP contribution < -0.4 is 18.9 Å². The summed E-state index contributed by atoms with van der Waals surface area (Å²) < 4.78 is 36.0. The van der Waals surface area contributed by atoms with Gasteiger partial charge in [0.1, 0.15) is 101 Å². The number of carbonyl (C=O) groups is 1. The number of aromatic hydroxyl groups is 6. The Morgan fingerprint density at radius 2 is 1.10 bits per heavy atom. The molecule has 63 heavy (non-hydrogen) atoms. The molecule has 0 saturated carbocycles. The Labute approximate surface area is 355 Å². The van der Waals surface area contributed by atoms with E-state index in [2.05, 4.69) is 0 Å². The number of benzene rings is 4. The number of ether oxygens (including phenoxy) is 6. The zero-order valence-corrected chi connectivity index (χ0v) is 32.6. The predicted octanol–water partition coefficient (Wildman–Crippen LogP) is -0.360. The molecule has 0 aromatic heterocycles. The molecule has 0 aliphatic carbocycles. The van der Waals surface area contributed by atoms with Crippen molar-refractivity contribution in [3.8, 4) is 57.5 Å². The van der Waals surface area contributed by atoms with Gasteiger partial charge in [-0.3, -0.25) is 4.79 Å². The Morgan fingerprint density at radius 1 is 0.556 bits per heavy atom. The summed E-state index contributed by atoms with van der Waals surface area (Å²) in [7, 11) is 0. The van der Waals surface area contributed by atoms with E-state index >= 15 is 0 Å². The number of phenolic OH excluding ortho intramolecular Hbond substituents is 6. The summed E-state index contributed by atoms with van der Waals surface area (Å²) in [6.45, 7) is -1.62. The fourth-order valence-electron chi connectivity index (χ4n) is 8.28. The second-order valence-electron chi connectivity index (χ2n) is 15.6. The van der Waals surface area contributed by atoms with Gasteiger partial charge >= 0.3 is 0 Å². The third-order valence-corrected chi connectivity index (χ3v) is 11.6. The third kappa shape index (κ3) is 7.92. The van der Waals surface area contributed by atoms with Gasteiger partial charge in [0.15, 0.2) is 28.8 Å². The number of carbonyl (C=O) groups excluding carboxylic acids is 1. The molecule has 4 aromatic rings. The average molecular weight is 885 g/mol. The van der Waals surface area contributed by atoms with Crippen molar-refractivity contribution < 1.29 is 105 Å². The number of Topliss-reactive ketones (excluding diaryl/α,β-unsaturated/α-hetero) is 1. The molecule has 8 rings (SSSR count). The third-order valence-electron chi connectivity index (χ3n) is 11.6. The molecule has 0 spiro atoms. The van der Waals surface area contributed by atoms with E-state index in [1.165, 1.54) is 30.3 Å². The fourth-order valence-corrected chi connectivity index (χ4v) is 8.28. The monoisotopic (exact) mass is 884 g/mol. The Morgan fingerprint density at radius 3 is 1.63 bits per heavy atom. The number of fused-ring (bicyclic) bond motifs is 2. The van der Waals surface area contributed by atoms with E-state index in [-0.39, 0.29) is 51.5 Å². The van der Waals surface area contributed by atoms with Crippen LogP contribution in [0.5, 0.6) is 57.5 Å². The molecular formula is C42H44O21. The maximum absolute atomic E-state index is 14.4. The summed E-state index contributed by atoms with van der Waals surface area (Å²) in [5.41, 5.74) is -0.0536. The molecule has 2 fully saturated rings. The van der Waals surface area contributed by atoms with E-state index in [9.17, 15) is 76.3 Å². The maximum Gasteiger partial charge on any atom is 0.229 e. The first-order valence-corrected chi connectivity index (χ1v) is 19.6. The Bertz CT molecular complexity index is 2370. The van der Waals surface area contributed by atoms with Crippen LogP contribution in [0.4, 0.5) is 0 Å². The van der Waals surface area contributed by atoms with Gasteiger partial charge in [0.25, 0.3) is 0 Å². The maximum atomic E-state index is 14.4. The molecule has 0 amide bonds. The quantitative estimate of drug-likeness (QED) is 0.0954. The number of aliphatic hydroxyl groups is 8.